The van der Waals surface area contributed by atoms with Crippen molar-refractivity contribution in [2.45, 2.75) is 0 Å². The van der Waals surface area contributed by atoms with E-state index in [2.05, 4.69) is 26.3 Å². The number of nitrogens with one attached hydrogen (secondary N) is 5. The van der Waals surface area contributed by atoms with Crippen molar-refractivity contribution < 1.29 is 9.59 Å². The second-order valence-corrected chi connectivity index (χ2v) is 8.64. The molecule has 5 rings (SSSR count). The molecule has 0 unspecified atom stereocenters. The summed E-state index contributed by atoms with van der Waals surface area (Å²) in [6, 6.07) is 24.2. The van der Waals surface area contributed by atoms with Crippen molar-refractivity contribution in [3.05, 3.63) is 95.0 Å². The van der Waals surface area contributed by atoms with E-state index in [1.807, 2.05) is 36.4 Å². The van der Waals surface area contributed by atoms with Gasteiger partial charge in [-0.05, 0) is 48.5 Å². The van der Waals surface area contributed by atoms with Crippen LogP contribution < -0.4 is 21.3 Å². The Balaban J connectivity index is 1.49. The van der Waals surface area contributed by atoms with E-state index in [-0.39, 0.29) is 0 Å². The Labute approximate surface area is 210 Å². The van der Waals surface area contributed by atoms with E-state index >= 15 is 0 Å². The van der Waals surface area contributed by atoms with Crippen molar-refractivity contribution in [1.82, 2.24) is 4.98 Å². The first-order valence-electron chi connectivity index (χ1n) is 10.7. The monoisotopic (exact) mass is 503 g/mol. The van der Waals surface area contributed by atoms with Gasteiger partial charge in [0, 0.05) is 32.2 Å². The number of hydrogen-bond donors (Lipinski definition) is 5. The predicted molar refractivity (Wildman–Crippen MR) is 144 cm³/mol. The first kappa shape index (κ1) is 22.6. The van der Waals surface area contributed by atoms with Crippen LogP contribution in [0.5, 0.6) is 0 Å². The van der Waals surface area contributed by atoms with Crippen molar-refractivity contribution in [3.8, 4) is 0 Å². The predicted octanol–water partition coefficient (Wildman–Crippen LogP) is 7.92. The maximum atomic E-state index is 12.6. The van der Waals surface area contributed by atoms with Crippen LogP contribution >= 0.6 is 23.2 Å². The highest BCUT2D eigenvalue weighted by Gasteiger charge is 2.16. The van der Waals surface area contributed by atoms with Crippen molar-refractivity contribution >= 4 is 79.8 Å². The number of fused-ring (bicyclic) bond motifs is 3. The Hall–Kier alpha value is -4.20. The Morgan fingerprint density at radius 1 is 0.571 bits per heavy atom. The van der Waals surface area contributed by atoms with Crippen LogP contribution in [0.2, 0.25) is 10.0 Å². The molecule has 0 aliphatic rings. The molecule has 7 nitrogen and oxygen atoms in total. The molecule has 0 saturated heterocycles. The Morgan fingerprint density at radius 3 is 1.37 bits per heavy atom. The molecule has 0 aliphatic heterocycles. The highest BCUT2D eigenvalue weighted by Crippen LogP contribution is 2.38. The van der Waals surface area contributed by atoms with Gasteiger partial charge in [-0.3, -0.25) is 0 Å². The van der Waals surface area contributed by atoms with Gasteiger partial charge in [0.05, 0.1) is 22.4 Å². The molecule has 4 aromatic carbocycles. The van der Waals surface area contributed by atoms with Crippen molar-refractivity contribution in [3.63, 3.8) is 0 Å². The molecule has 0 fully saturated rings. The zero-order chi connectivity index (χ0) is 24.4. The van der Waals surface area contributed by atoms with Crippen molar-refractivity contribution in [2.75, 3.05) is 21.3 Å². The van der Waals surface area contributed by atoms with Crippen LogP contribution in [0.15, 0.2) is 84.9 Å². The molecule has 0 spiro atoms. The number of carbonyl (C=O) groups is 2. The Kier molecular flexibility index (Phi) is 6.18. The number of amides is 4. The van der Waals surface area contributed by atoms with E-state index in [1.165, 1.54) is 0 Å². The number of benzene rings is 4. The molecular formula is C26H19Cl2N5O2. The summed E-state index contributed by atoms with van der Waals surface area (Å²) in [5, 5.41) is 13.6. The molecule has 1 aromatic heterocycles. The average Bonchev–Trinajstić information content (AvgIpc) is 3.19. The van der Waals surface area contributed by atoms with Gasteiger partial charge in [0.1, 0.15) is 0 Å². The smallest absolute Gasteiger partial charge is 0.323 e. The third kappa shape index (κ3) is 5.01. The van der Waals surface area contributed by atoms with Gasteiger partial charge >= 0.3 is 12.1 Å². The van der Waals surface area contributed by atoms with E-state index in [4.69, 9.17) is 23.2 Å². The molecule has 174 valence electrons. The second-order valence-electron chi connectivity index (χ2n) is 7.77. The summed E-state index contributed by atoms with van der Waals surface area (Å²) in [6.45, 7) is 0. The minimum Gasteiger partial charge on any atom is -0.351 e. The van der Waals surface area contributed by atoms with Crippen LogP contribution in [0.3, 0.4) is 0 Å². The Bertz CT molecular complexity index is 1440. The number of aromatic nitrogens is 1. The van der Waals surface area contributed by atoms with Crippen molar-refractivity contribution in [1.29, 1.82) is 0 Å². The molecule has 0 radical (unpaired) electrons. The van der Waals surface area contributed by atoms with E-state index < -0.39 is 12.1 Å². The molecule has 0 aliphatic carbocycles. The van der Waals surface area contributed by atoms with Crippen LogP contribution in [0, 0.1) is 0 Å². The summed E-state index contributed by atoms with van der Waals surface area (Å²) in [4.78, 5) is 28.6. The third-order valence-electron chi connectivity index (χ3n) is 5.31. The summed E-state index contributed by atoms with van der Waals surface area (Å²) in [6.07, 6.45) is 0. The van der Waals surface area contributed by atoms with Gasteiger partial charge in [0.2, 0.25) is 0 Å². The zero-order valence-electron chi connectivity index (χ0n) is 18.2. The lowest BCUT2D eigenvalue weighted by Crippen LogP contribution is -2.19. The van der Waals surface area contributed by atoms with Gasteiger partial charge in [-0.15, -0.1) is 0 Å². The van der Waals surface area contributed by atoms with E-state index in [0.29, 0.717) is 43.8 Å². The minimum absolute atomic E-state index is 0.419. The topological polar surface area (TPSA) is 98.1 Å². The SMILES string of the molecule is O=C(Nc1ccccc1)Nc1cc(Cl)cc2c1[nH]c1c(NC(=O)Nc3ccccc3)cc(Cl)cc12. The zero-order valence-corrected chi connectivity index (χ0v) is 19.7. The van der Waals surface area contributed by atoms with Crippen molar-refractivity contribution in [2.24, 2.45) is 0 Å². The molecule has 35 heavy (non-hydrogen) atoms. The summed E-state index contributed by atoms with van der Waals surface area (Å²) >= 11 is 12.8. The molecule has 4 amide bonds. The number of hydrogen-bond acceptors (Lipinski definition) is 2. The van der Waals surface area contributed by atoms with E-state index in [9.17, 15) is 9.59 Å². The lowest BCUT2D eigenvalue weighted by molar-refractivity contribution is 0.261. The van der Waals surface area contributed by atoms with Crippen LogP contribution in [-0.4, -0.2) is 17.0 Å². The summed E-state index contributed by atoms with van der Waals surface area (Å²) in [5.74, 6) is 0. The lowest BCUT2D eigenvalue weighted by atomic mass is 10.1. The number of rotatable bonds is 4. The number of anilines is 4. The van der Waals surface area contributed by atoms with Crippen LogP contribution in [0.4, 0.5) is 32.3 Å². The molecule has 5 N–H and O–H groups in total. The maximum Gasteiger partial charge on any atom is 0.323 e. The van der Waals surface area contributed by atoms with E-state index in [1.54, 1.807) is 48.5 Å². The van der Waals surface area contributed by atoms with Gasteiger partial charge in [-0.2, -0.15) is 0 Å². The standard InChI is InChI=1S/C26H19Cl2N5O2/c27-15-11-19-20-12-16(28)14-22(32-26(35)30-18-9-5-2-6-10-18)24(20)33-23(19)21(13-15)31-25(34)29-17-7-3-1-4-8-17/h1-14,33H,(H2,29,31,34)(H2,30,32,35). The highest BCUT2D eigenvalue weighted by atomic mass is 35.5. The Morgan fingerprint density at radius 2 is 0.971 bits per heavy atom. The molecule has 0 bridgehead atoms. The number of H-pyrrole nitrogens is 1. The first-order valence-corrected chi connectivity index (χ1v) is 11.4. The van der Waals surface area contributed by atoms with E-state index in [0.717, 1.165) is 10.8 Å². The minimum atomic E-state index is -0.419. The fourth-order valence-corrected chi connectivity index (χ4v) is 4.28. The van der Waals surface area contributed by atoms with Gasteiger partial charge in [-0.25, -0.2) is 9.59 Å². The molecule has 5 aromatic rings. The van der Waals surface area contributed by atoms with Crippen LogP contribution in [-0.2, 0) is 0 Å². The summed E-state index contributed by atoms with van der Waals surface area (Å²) < 4.78 is 0. The average molecular weight is 504 g/mol. The molecular weight excluding hydrogens is 485 g/mol. The number of aromatic amines is 1. The quantitative estimate of drug-likeness (QED) is 0.172. The van der Waals surface area contributed by atoms with Gasteiger partial charge in [0.15, 0.2) is 0 Å². The maximum absolute atomic E-state index is 12.6. The van der Waals surface area contributed by atoms with Gasteiger partial charge < -0.3 is 26.3 Å². The van der Waals surface area contributed by atoms with Crippen LogP contribution in [0.1, 0.15) is 0 Å². The second kappa shape index (κ2) is 9.58. The number of carbonyl (C=O) groups excluding carboxylic acids is 2. The fourth-order valence-electron chi connectivity index (χ4n) is 3.84. The molecule has 0 saturated carbocycles. The third-order valence-corrected chi connectivity index (χ3v) is 5.74. The molecule has 0 atom stereocenters. The highest BCUT2D eigenvalue weighted by molar-refractivity contribution is 6.35. The number of urea groups is 2. The normalized spacial score (nSPS) is 10.8. The molecule has 1 heterocycles. The lowest BCUT2D eigenvalue weighted by Gasteiger charge is -2.09. The molecule has 9 heteroatoms. The first-order chi connectivity index (χ1) is 17.0. The summed E-state index contributed by atoms with van der Waals surface area (Å²) in [7, 11) is 0. The fraction of sp³-hybridized carbons (Fsp3) is 0. The number of para-hydroxylation sites is 2. The van der Waals surface area contributed by atoms with Crippen LogP contribution in [0.25, 0.3) is 21.8 Å². The van der Waals surface area contributed by atoms with Gasteiger partial charge in [-0.1, -0.05) is 59.6 Å². The van der Waals surface area contributed by atoms with Gasteiger partial charge in [0.25, 0.3) is 0 Å². The number of halogens is 2. The summed E-state index contributed by atoms with van der Waals surface area (Å²) in [5.41, 5.74) is 3.55. The largest absolute Gasteiger partial charge is 0.351 e.